The molecule has 1 amide bonds. The average molecular weight is 258 g/mol. The molecule has 0 aliphatic carbocycles. The minimum atomic E-state index is -0.419. The minimum Gasteiger partial charge on any atom is -0.389 e. The summed E-state index contributed by atoms with van der Waals surface area (Å²) in [5.74, 6) is -0.419. The fourth-order valence-corrected chi connectivity index (χ4v) is 1.74. The van der Waals surface area contributed by atoms with Gasteiger partial charge in [-0.05, 0) is 18.2 Å². The first-order valence-corrected chi connectivity index (χ1v) is 5.29. The molecule has 16 heavy (non-hydrogen) atoms. The predicted octanol–water partition coefficient (Wildman–Crippen LogP) is 0.896. The van der Waals surface area contributed by atoms with Crippen molar-refractivity contribution < 1.29 is 4.79 Å². The zero-order valence-electron chi connectivity index (χ0n) is 8.74. The summed E-state index contributed by atoms with van der Waals surface area (Å²) in [6, 6.07) is 5.16. The molecule has 1 rings (SSSR count). The molecule has 0 bridgehead atoms. The smallest absolute Gasteiger partial charge is 0.236 e. The molecule has 86 valence electrons. The number of rotatable bonds is 4. The summed E-state index contributed by atoms with van der Waals surface area (Å²) in [7, 11) is 1.73. The molecule has 1 aromatic carbocycles. The van der Waals surface area contributed by atoms with E-state index in [0.717, 1.165) is 0 Å². The summed E-state index contributed by atoms with van der Waals surface area (Å²) in [5, 5.41) is 0.481. The van der Waals surface area contributed by atoms with Crippen LogP contribution in [0.5, 0.6) is 0 Å². The summed E-state index contributed by atoms with van der Waals surface area (Å²) in [5.41, 5.74) is 12.0. The summed E-state index contributed by atoms with van der Waals surface area (Å²) < 4.78 is 0. The van der Waals surface area contributed by atoms with Crippen LogP contribution in [-0.2, 0) is 4.79 Å². The SMILES string of the molecule is CN(CC(N)=O)c1ccc(C(N)=S)cc1Cl. The lowest BCUT2D eigenvalue weighted by molar-refractivity contribution is -0.116. The normalized spacial score (nSPS) is 9.88. The van der Waals surface area contributed by atoms with Crippen molar-refractivity contribution in [1.82, 2.24) is 0 Å². The second-order valence-electron chi connectivity index (χ2n) is 3.35. The van der Waals surface area contributed by atoms with Crippen LogP contribution in [0.1, 0.15) is 5.56 Å². The van der Waals surface area contributed by atoms with Gasteiger partial charge in [-0.25, -0.2) is 0 Å². The lowest BCUT2D eigenvalue weighted by Crippen LogP contribution is -2.30. The fraction of sp³-hybridized carbons (Fsp3) is 0.200. The van der Waals surface area contributed by atoms with Gasteiger partial charge in [-0.1, -0.05) is 23.8 Å². The average Bonchev–Trinajstić information content (AvgIpc) is 2.15. The van der Waals surface area contributed by atoms with Gasteiger partial charge in [0.1, 0.15) is 4.99 Å². The highest BCUT2D eigenvalue weighted by atomic mass is 35.5. The molecule has 0 saturated heterocycles. The molecule has 0 atom stereocenters. The van der Waals surface area contributed by atoms with Gasteiger partial charge < -0.3 is 16.4 Å². The van der Waals surface area contributed by atoms with Gasteiger partial charge in [-0.2, -0.15) is 0 Å². The molecule has 0 spiro atoms. The summed E-state index contributed by atoms with van der Waals surface area (Å²) >= 11 is 10.9. The topological polar surface area (TPSA) is 72.3 Å². The van der Waals surface area contributed by atoms with Crippen LogP contribution in [0.4, 0.5) is 5.69 Å². The maximum absolute atomic E-state index is 10.8. The van der Waals surface area contributed by atoms with E-state index in [4.69, 9.17) is 35.3 Å². The Labute approximate surface area is 104 Å². The van der Waals surface area contributed by atoms with E-state index in [1.807, 2.05) is 0 Å². The van der Waals surface area contributed by atoms with E-state index in [9.17, 15) is 4.79 Å². The van der Waals surface area contributed by atoms with Gasteiger partial charge in [0, 0.05) is 12.6 Å². The van der Waals surface area contributed by atoms with E-state index in [1.54, 1.807) is 30.1 Å². The third-order valence-electron chi connectivity index (χ3n) is 2.04. The highest BCUT2D eigenvalue weighted by Gasteiger charge is 2.09. The third-order valence-corrected chi connectivity index (χ3v) is 2.57. The molecular formula is C10H12ClN3OS. The van der Waals surface area contributed by atoms with Crippen molar-refractivity contribution in [2.75, 3.05) is 18.5 Å². The quantitative estimate of drug-likeness (QED) is 0.786. The third kappa shape index (κ3) is 3.08. The predicted molar refractivity (Wildman–Crippen MR) is 69.8 cm³/mol. The first-order chi connectivity index (χ1) is 7.41. The number of amides is 1. The highest BCUT2D eigenvalue weighted by Crippen LogP contribution is 2.25. The first-order valence-electron chi connectivity index (χ1n) is 4.50. The van der Waals surface area contributed by atoms with Crippen LogP contribution in [0.25, 0.3) is 0 Å². The number of benzene rings is 1. The molecule has 0 unspecified atom stereocenters. The molecule has 0 aliphatic heterocycles. The molecule has 4 nitrogen and oxygen atoms in total. The van der Waals surface area contributed by atoms with Crippen molar-refractivity contribution in [3.63, 3.8) is 0 Å². The molecular weight excluding hydrogens is 246 g/mol. The lowest BCUT2D eigenvalue weighted by atomic mass is 10.2. The van der Waals surface area contributed by atoms with E-state index >= 15 is 0 Å². The summed E-state index contributed by atoms with van der Waals surface area (Å²) in [6.45, 7) is 0.103. The summed E-state index contributed by atoms with van der Waals surface area (Å²) in [6.07, 6.45) is 0. The van der Waals surface area contributed by atoms with Crippen LogP contribution in [0, 0.1) is 0 Å². The minimum absolute atomic E-state index is 0.103. The molecule has 6 heteroatoms. The standard InChI is InChI=1S/C10H12ClN3OS/c1-14(5-9(12)15)8-3-2-6(10(13)16)4-7(8)11/h2-4H,5H2,1H3,(H2,12,15)(H2,13,16). The van der Waals surface area contributed by atoms with E-state index in [1.165, 1.54) is 0 Å². The second kappa shape index (κ2) is 5.14. The molecule has 1 aromatic rings. The number of thiocarbonyl (C=S) groups is 1. The second-order valence-corrected chi connectivity index (χ2v) is 4.20. The zero-order chi connectivity index (χ0) is 12.3. The van der Waals surface area contributed by atoms with E-state index < -0.39 is 5.91 Å². The van der Waals surface area contributed by atoms with Crippen LogP contribution < -0.4 is 16.4 Å². The largest absolute Gasteiger partial charge is 0.389 e. The van der Waals surface area contributed by atoms with E-state index in [-0.39, 0.29) is 11.5 Å². The Hall–Kier alpha value is -1.33. The molecule has 0 aromatic heterocycles. The Balaban J connectivity index is 2.98. The molecule has 0 aliphatic rings. The van der Waals surface area contributed by atoms with Crippen LogP contribution in [0.2, 0.25) is 5.02 Å². The Kier molecular flexibility index (Phi) is 4.09. The van der Waals surface area contributed by atoms with Gasteiger partial charge in [-0.3, -0.25) is 4.79 Å². The molecule has 0 fully saturated rings. The van der Waals surface area contributed by atoms with Crippen LogP contribution in [0.3, 0.4) is 0 Å². The van der Waals surface area contributed by atoms with Crippen molar-refractivity contribution >= 4 is 40.4 Å². The molecule has 0 radical (unpaired) electrons. The van der Waals surface area contributed by atoms with Crippen LogP contribution in [0.15, 0.2) is 18.2 Å². The maximum atomic E-state index is 10.8. The van der Waals surface area contributed by atoms with Crippen molar-refractivity contribution in [1.29, 1.82) is 0 Å². The maximum Gasteiger partial charge on any atom is 0.236 e. The van der Waals surface area contributed by atoms with Crippen molar-refractivity contribution in [2.24, 2.45) is 11.5 Å². The fourth-order valence-electron chi connectivity index (χ4n) is 1.29. The van der Waals surface area contributed by atoms with Crippen LogP contribution in [-0.4, -0.2) is 24.5 Å². The number of primary amides is 1. The van der Waals surface area contributed by atoms with Crippen molar-refractivity contribution in [3.05, 3.63) is 28.8 Å². The molecule has 4 N–H and O–H groups in total. The Morgan fingerprint density at radius 3 is 2.56 bits per heavy atom. The van der Waals surface area contributed by atoms with E-state index in [2.05, 4.69) is 0 Å². The van der Waals surface area contributed by atoms with Gasteiger partial charge in [0.05, 0.1) is 17.3 Å². The number of nitrogens with two attached hydrogens (primary N) is 2. The Bertz CT molecular complexity index is 436. The first kappa shape index (κ1) is 12.7. The number of anilines is 1. The van der Waals surface area contributed by atoms with E-state index in [0.29, 0.717) is 16.3 Å². The Morgan fingerprint density at radius 2 is 2.12 bits per heavy atom. The van der Waals surface area contributed by atoms with Crippen molar-refractivity contribution in [3.8, 4) is 0 Å². The van der Waals surface area contributed by atoms with Gasteiger partial charge in [-0.15, -0.1) is 0 Å². The molecule has 0 heterocycles. The monoisotopic (exact) mass is 257 g/mol. The van der Waals surface area contributed by atoms with Gasteiger partial charge in [0.25, 0.3) is 0 Å². The summed E-state index contributed by atoms with van der Waals surface area (Å²) in [4.78, 5) is 12.7. The van der Waals surface area contributed by atoms with Gasteiger partial charge >= 0.3 is 0 Å². The number of hydrogen-bond donors (Lipinski definition) is 2. The van der Waals surface area contributed by atoms with Crippen LogP contribution >= 0.6 is 23.8 Å². The number of carbonyl (C=O) groups excluding carboxylic acids is 1. The molecule has 0 saturated carbocycles. The Morgan fingerprint density at radius 1 is 1.50 bits per heavy atom. The lowest BCUT2D eigenvalue weighted by Gasteiger charge is -2.19. The van der Waals surface area contributed by atoms with Crippen molar-refractivity contribution in [2.45, 2.75) is 0 Å². The highest BCUT2D eigenvalue weighted by molar-refractivity contribution is 7.80. The van der Waals surface area contributed by atoms with Gasteiger partial charge in [0.15, 0.2) is 0 Å². The number of hydrogen-bond acceptors (Lipinski definition) is 3. The number of likely N-dealkylation sites (N-methyl/N-ethyl adjacent to an activating group) is 1. The van der Waals surface area contributed by atoms with Gasteiger partial charge in [0.2, 0.25) is 5.91 Å². The zero-order valence-corrected chi connectivity index (χ0v) is 10.3. The number of carbonyl (C=O) groups is 1. The number of nitrogens with zero attached hydrogens (tertiary/aromatic N) is 1. The number of halogens is 1.